The SMILES string of the molecule is COCCCn1c(NC(=O)c2cccc(C#N)c2)nc2cc(C(=O)N3CCCC3/C=C/O)cnc21. The fourth-order valence-electron chi connectivity index (χ4n) is 4.22. The number of nitrogens with one attached hydrogen (secondary N) is 1. The second kappa shape index (κ2) is 10.8. The van der Waals surface area contributed by atoms with Crippen molar-refractivity contribution in [3.05, 3.63) is 65.6 Å². The third-order valence-corrected chi connectivity index (χ3v) is 5.91. The fourth-order valence-corrected chi connectivity index (χ4v) is 4.22. The number of aliphatic hydroxyl groups excluding tert-OH is 1. The number of imidazole rings is 1. The molecular formula is C25H26N6O4. The smallest absolute Gasteiger partial charge is 0.258 e. The maximum absolute atomic E-state index is 13.1. The molecule has 180 valence electrons. The number of ether oxygens (including phenoxy) is 1. The summed E-state index contributed by atoms with van der Waals surface area (Å²) < 4.78 is 6.94. The lowest BCUT2D eigenvalue weighted by Gasteiger charge is -2.21. The number of nitriles is 1. The summed E-state index contributed by atoms with van der Waals surface area (Å²) in [6.45, 7) is 1.61. The highest BCUT2D eigenvalue weighted by Crippen LogP contribution is 2.24. The molecule has 3 heterocycles. The summed E-state index contributed by atoms with van der Waals surface area (Å²) in [5.74, 6) is -0.298. The minimum absolute atomic E-state index is 0.158. The van der Waals surface area contributed by atoms with Gasteiger partial charge in [-0.3, -0.25) is 19.5 Å². The molecular weight excluding hydrogens is 448 g/mol. The first kappa shape index (κ1) is 23.9. The van der Waals surface area contributed by atoms with Crippen molar-refractivity contribution in [2.45, 2.75) is 31.8 Å². The first-order valence-electron chi connectivity index (χ1n) is 11.3. The van der Waals surface area contributed by atoms with Crippen LogP contribution in [0.3, 0.4) is 0 Å². The maximum Gasteiger partial charge on any atom is 0.258 e. The van der Waals surface area contributed by atoms with E-state index in [9.17, 15) is 9.59 Å². The van der Waals surface area contributed by atoms with Crippen molar-refractivity contribution in [2.75, 3.05) is 25.6 Å². The molecule has 1 unspecified atom stereocenters. The van der Waals surface area contributed by atoms with E-state index in [0.29, 0.717) is 59.9 Å². The quantitative estimate of drug-likeness (QED) is 0.378. The normalized spacial score (nSPS) is 15.5. The summed E-state index contributed by atoms with van der Waals surface area (Å²) in [5, 5.41) is 21.1. The van der Waals surface area contributed by atoms with E-state index in [0.717, 1.165) is 19.1 Å². The zero-order valence-electron chi connectivity index (χ0n) is 19.3. The number of amides is 2. The number of fused-ring (bicyclic) bond motifs is 1. The largest absolute Gasteiger partial charge is 0.516 e. The molecule has 35 heavy (non-hydrogen) atoms. The molecule has 1 aromatic carbocycles. The lowest BCUT2D eigenvalue weighted by molar-refractivity contribution is 0.0760. The number of anilines is 1. The minimum Gasteiger partial charge on any atom is -0.516 e. The van der Waals surface area contributed by atoms with Crippen LogP contribution in [0.25, 0.3) is 11.2 Å². The highest BCUT2D eigenvalue weighted by Gasteiger charge is 2.28. The average Bonchev–Trinajstić information content (AvgIpc) is 3.48. The molecule has 10 heteroatoms. The lowest BCUT2D eigenvalue weighted by atomic mass is 10.1. The van der Waals surface area contributed by atoms with Gasteiger partial charge in [0.1, 0.15) is 5.52 Å². The standard InChI is InChI=1S/C25H26N6O4/c1-35-12-4-10-31-22-21(28-25(31)29-23(33)18-6-2-5-17(13-18)15-26)14-19(16-27-22)24(34)30-9-3-7-20(30)8-11-32/h2,5-6,8,11,13-14,16,20,32H,3-4,7,9-10,12H2,1H3,(H,28,29,33)/b11-8+. The first-order chi connectivity index (χ1) is 17.0. The maximum atomic E-state index is 13.1. The van der Waals surface area contributed by atoms with Gasteiger partial charge < -0.3 is 14.7 Å². The van der Waals surface area contributed by atoms with Crippen LogP contribution in [-0.2, 0) is 11.3 Å². The molecule has 1 aliphatic heterocycles. The van der Waals surface area contributed by atoms with Gasteiger partial charge in [-0.15, -0.1) is 0 Å². The Hall–Kier alpha value is -4.23. The molecule has 10 nitrogen and oxygen atoms in total. The summed E-state index contributed by atoms with van der Waals surface area (Å²) in [5.41, 5.74) is 2.11. The fraction of sp³-hybridized carbons (Fsp3) is 0.320. The Morgan fingerprint density at radius 1 is 1.34 bits per heavy atom. The van der Waals surface area contributed by atoms with Crippen LogP contribution in [0.5, 0.6) is 0 Å². The number of rotatable bonds is 8. The zero-order chi connectivity index (χ0) is 24.8. The van der Waals surface area contributed by atoms with Crippen molar-refractivity contribution >= 4 is 28.9 Å². The molecule has 0 saturated carbocycles. The van der Waals surface area contributed by atoms with Crippen LogP contribution in [-0.4, -0.2) is 62.7 Å². The number of likely N-dealkylation sites (tertiary alicyclic amines) is 1. The Morgan fingerprint density at radius 2 is 2.20 bits per heavy atom. The predicted octanol–water partition coefficient (Wildman–Crippen LogP) is 3.27. The van der Waals surface area contributed by atoms with Crippen LogP contribution >= 0.6 is 0 Å². The summed E-state index contributed by atoms with van der Waals surface area (Å²) in [6, 6.07) is 9.94. The Labute approximate surface area is 202 Å². The van der Waals surface area contributed by atoms with E-state index in [-0.39, 0.29) is 11.9 Å². The molecule has 4 rings (SSSR count). The lowest BCUT2D eigenvalue weighted by Crippen LogP contribution is -2.34. The van der Waals surface area contributed by atoms with E-state index in [1.54, 1.807) is 46.9 Å². The number of benzene rings is 1. The van der Waals surface area contributed by atoms with Gasteiger partial charge in [-0.05, 0) is 49.6 Å². The average molecular weight is 475 g/mol. The molecule has 0 radical (unpaired) electrons. The van der Waals surface area contributed by atoms with E-state index in [1.807, 2.05) is 6.07 Å². The third kappa shape index (κ3) is 5.15. The number of carbonyl (C=O) groups excluding carboxylic acids is 2. The second-order valence-electron chi connectivity index (χ2n) is 8.20. The minimum atomic E-state index is -0.405. The van der Waals surface area contributed by atoms with Crippen LogP contribution < -0.4 is 5.32 Å². The van der Waals surface area contributed by atoms with Crippen molar-refractivity contribution in [2.24, 2.45) is 0 Å². The molecule has 1 aliphatic rings. The number of hydrogen-bond donors (Lipinski definition) is 2. The Bertz CT molecular complexity index is 1310. The van der Waals surface area contributed by atoms with Crippen LogP contribution in [0.15, 0.2) is 48.9 Å². The molecule has 1 fully saturated rings. The van der Waals surface area contributed by atoms with Gasteiger partial charge in [-0.2, -0.15) is 5.26 Å². The number of pyridine rings is 1. The van der Waals surface area contributed by atoms with Crippen LogP contribution in [0.4, 0.5) is 5.95 Å². The van der Waals surface area contributed by atoms with Crippen LogP contribution in [0, 0.1) is 11.3 Å². The first-order valence-corrected chi connectivity index (χ1v) is 11.3. The highest BCUT2D eigenvalue weighted by molar-refractivity contribution is 6.04. The van der Waals surface area contributed by atoms with Gasteiger partial charge in [0.05, 0.1) is 29.5 Å². The summed E-state index contributed by atoms with van der Waals surface area (Å²) in [4.78, 5) is 36.8. The van der Waals surface area contributed by atoms with E-state index < -0.39 is 5.91 Å². The van der Waals surface area contributed by atoms with Crippen molar-refractivity contribution in [3.8, 4) is 6.07 Å². The van der Waals surface area contributed by atoms with Gasteiger partial charge in [0.25, 0.3) is 11.8 Å². The van der Waals surface area contributed by atoms with Gasteiger partial charge >= 0.3 is 0 Å². The third-order valence-electron chi connectivity index (χ3n) is 5.91. The van der Waals surface area contributed by atoms with Crippen molar-refractivity contribution in [1.29, 1.82) is 5.26 Å². The highest BCUT2D eigenvalue weighted by atomic mass is 16.5. The monoisotopic (exact) mass is 474 g/mol. The number of nitrogens with zero attached hydrogens (tertiary/aromatic N) is 5. The molecule has 2 aromatic heterocycles. The van der Waals surface area contributed by atoms with E-state index >= 15 is 0 Å². The van der Waals surface area contributed by atoms with Crippen molar-refractivity contribution in [3.63, 3.8) is 0 Å². The number of aromatic nitrogens is 3. The number of aliphatic hydroxyl groups is 1. The predicted molar refractivity (Wildman–Crippen MR) is 129 cm³/mol. The van der Waals surface area contributed by atoms with Crippen molar-refractivity contribution in [1.82, 2.24) is 19.4 Å². The van der Waals surface area contributed by atoms with Crippen LogP contribution in [0.1, 0.15) is 45.5 Å². The molecule has 1 saturated heterocycles. The van der Waals surface area contributed by atoms with Gasteiger partial charge in [-0.1, -0.05) is 6.07 Å². The Morgan fingerprint density at radius 3 is 2.97 bits per heavy atom. The Balaban J connectivity index is 1.65. The molecule has 2 amide bonds. The van der Waals surface area contributed by atoms with E-state index in [1.165, 1.54) is 12.3 Å². The number of methoxy groups -OCH3 is 1. The van der Waals surface area contributed by atoms with Gasteiger partial charge in [-0.25, -0.2) is 9.97 Å². The number of hydrogen-bond acceptors (Lipinski definition) is 7. The zero-order valence-corrected chi connectivity index (χ0v) is 19.3. The van der Waals surface area contributed by atoms with Gasteiger partial charge in [0.2, 0.25) is 5.95 Å². The molecule has 1 atom stereocenters. The summed E-state index contributed by atoms with van der Waals surface area (Å²) >= 11 is 0. The van der Waals surface area contributed by atoms with E-state index in [2.05, 4.69) is 15.3 Å². The van der Waals surface area contributed by atoms with Gasteiger partial charge in [0, 0.05) is 38.6 Å². The van der Waals surface area contributed by atoms with Gasteiger partial charge in [0.15, 0.2) is 5.65 Å². The topological polar surface area (TPSA) is 133 Å². The molecule has 0 bridgehead atoms. The molecule has 0 aliphatic carbocycles. The summed E-state index contributed by atoms with van der Waals surface area (Å²) in [6.07, 6.45) is 6.40. The molecule has 2 N–H and O–H groups in total. The van der Waals surface area contributed by atoms with Crippen molar-refractivity contribution < 1.29 is 19.4 Å². The van der Waals surface area contributed by atoms with E-state index in [4.69, 9.17) is 15.1 Å². The second-order valence-corrected chi connectivity index (χ2v) is 8.20. The number of carbonyl (C=O) groups is 2. The molecule has 3 aromatic rings. The summed E-state index contributed by atoms with van der Waals surface area (Å²) in [7, 11) is 1.62. The molecule has 0 spiro atoms. The number of aryl methyl sites for hydroxylation is 1. The van der Waals surface area contributed by atoms with Crippen LogP contribution in [0.2, 0.25) is 0 Å². The Kier molecular flexibility index (Phi) is 7.38.